The lowest BCUT2D eigenvalue weighted by Gasteiger charge is -2.05. The van der Waals surface area contributed by atoms with Gasteiger partial charge in [0.05, 0.1) is 5.02 Å². The number of hydrogen-bond donors (Lipinski definition) is 1. The number of nitrogens with zero attached hydrogens (tertiary/aromatic N) is 1. The maximum absolute atomic E-state index is 11.9. The summed E-state index contributed by atoms with van der Waals surface area (Å²) in [6.07, 6.45) is 0. The molecular weight excluding hydrogens is 386 g/mol. The van der Waals surface area contributed by atoms with Crippen LogP contribution in [0.4, 0.5) is 5.82 Å². The first-order chi connectivity index (χ1) is 8.56. The molecule has 2 aromatic rings. The molecule has 2 rings (SSSR count). The highest BCUT2D eigenvalue weighted by molar-refractivity contribution is 14.1. The summed E-state index contributed by atoms with van der Waals surface area (Å²) in [5.41, 5.74) is 0.474. The summed E-state index contributed by atoms with van der Waals surface area (Å²) in [6, 6.07) is 10.1. The van der Waals surface area contributed by atoms with Gasteiger partial charge in [-0.1, -0.05) is 29.3 Å². The first kappa shape index (κ1) is 13.6. The van der Waals surface area contributed by atoms with Crippen LogP contribution >= 0.6 is 45.8 Å². The van der Waals surface area contributed by atoms with E-state index in [-0.39, 0.29) is 5.91 Å². The summed E-state index contributed by atoms with van der Waals surface area (Å²) >= 11 is 13.8. The highest BCUT2D eigenvalue weighted by Crippen LogP contribution is 2.20. The lowest BCUT2D eigenvalue weighted by atomic mass is 10.2. The minimum atomic E-state index is -0.275. The molecule has 0 spiro atoms. The minimum absolute atomic E-state index is 0.275. The molecule has 1 amide bonds. The molecule has 0 aliphatic heterocycles. The molecule has 6 heteroatoms. The molecule has 1 aromatic carbocycles. The number of amides is 1. The fraction of sp³-hybridized carbons (Fsp3) is 0. The van der Waals surface area contributed by atoms with Gasteiger partial charge in [0.2, 0.25) is 0 Å². The van der Waals surface area contributed by atoms with Crippen LogP contribution in [0.25, 0.3) is 0 Å². The van der Waals surface area contributed by atoms with Gasteiger partial charge in [0, 0.05) is 9.13 Å². The number of hydrogen-bond acceptors (Lipinski definition) is 2. The van der Waals surface area contributed by atoms with Crippen molar-refractivity contribution in [2.45, 2.75) is 0 Å². The Morgan fingerprint density at radius 3 is 2.67 bits per heavy atom. The van der Waals surface area contributed by atoms with E-state index >= 15 is 0 Å². The molecule has 1 heterocycles. The molecule has 0 unspecified atom stereocenters. The second-order valence-electron chi connectivity index (χ2n) is 3.43. The molecule has 0 fully saturated rings. The summed E-state index contributed by atoms with van der Waals surface area (Å²) in [4.78, 5) is 15.9. The van der Waals surface area contributed by atoms with Crippen LogP contribution in [0, 0.1) is 3.57 Å². The molecule has 0 atom stereocenters. The summed E-state index contributed by atoms with van der Waals surface area (Å²) in [5.74, 6) is 0.130. The molecule has 1 N–H and O–H groups in total. The molecular formula is C12H7Cl2IN2O. The zero-order valence-electron chi connectivity index (χ0n) is 8.95. The van der Waals surface area contributed by atoms with Crippen LogP contribution < -0.4 is 5.32 Å². The molecule has 18 heavy (non-hydrogen) atoms. The number of pyridine rings is 1. The van der Waals surface area contributed by atoms with Gasteiger partial charge in [0.1, 0.15) is 11.0 Å². The van der Waals surface area contributed by atoms with Crippen LogP contribution in [0.5, 0.6) is 0 Å². The second-order valence-corrected chi connectivity index (χ2v) is 5.39. The monoisotopic (exact) mass is 392 g/mol. The Hall–Kier alpha value is -0.850. The van der Waals surface area contributed by atoms with E-state index in [1.54, 1.807) is 36.4 Å². The van der Waals surface area contributed by atoms with Crippen LogP contribution in [0.2, 0.25) is 10.2 Å². The number of rotatable bonds is 2. The predicted molar refractivity (Wildman–Crippen MR) is 81.4 cm³/mol. The van der Waals surface area contributed by atoms with E-state index in [0.29, 0.717) is 21.6 Å². The van der Waals surface area contributed by atoms with E-state index in [2.05, 4.69) is 32.9 Å². The molecule has 0 radical (unpaired) electrons. The van der Waals surface area contributed by atoms with Gasteiger partial charge in [-0.25, -0.2) is 4.98 Å². The van der Waals surface area contributed by atoms with Crippen molar-refractivity contribution in [3.05, 3.63) is 55.7 Å². The van der Waals surface area contributed by atoms with E-state index in [0.717, 1.165) is 3.57 Å². The minimum Gasteiger partial charge on any atom is -0.307 e. The lowest BCUT2D eigenvalue weighted by Crippen LogP contribution is -2.12. The molecule has 1 aromatic heterocycles. The number of carbonyl (C=O) groups is 1. The van der Waals surface area contributed by atoms with Crippen LogP contribution in [0.3, 0.4) is 0 Å². The number of benzene rings is 1. The average molecular weight is 393 g/mol. The summed E-state index contributed by atoms with van der Waals surface area (Å²) in [7, 11) is 0. The van der Waals surface area contributed by atoms with Crippen molar-refractivity contribution in [1.82, 2.24) is 4.98 Å². The molecule has 3 nitrogen and oxygen atoms in total. The maximum atomic E-state index is 11.9. The Labute approximate surface area is 128 Å². The van der Waals surface area contributed by atoms with Gasteiger partial charge in [-0.15, -0.1) is 0 Å². The van der Waals surface area contributed by atoms with Gasteiger partial charge in [-0.3, -0.25) is 4.79 Å². The molecule has 0 aliphatic carbocycles. The van der Waals surface area contributed by atoms with Gasteiger partial charge in [-0.2, -0.15) is 0 Å². The fourth-order valence-corrected chi connectivity index (χ4v) is 1.98. The van der Waals surface area contributed by atoms with Crippen molar-refractivity contribution in [3.8, 4) is 0 Å². The number of halogens is 3. The first-order valence-corrected chi connectivity index (χ1v) is 6.79. The lowest BCUT2D eigenvalue weighted by molar-refractivity contribution is 0.102. The molecule has 92 valence electrons. The van der Waals surface area contributed by atoms with Crippen molar-refractivity contribution < 1.29 is 4.79 Å². The average Bonchev–Trinajstić information content (AvgIpc) is 2.32. The van der Waals surface area contributed by atoms with Crippen molar-refractivity contribution in [2.75, 3.05) is 5.32 Å². The SMILES string of the molecule is O=C(Nc1cccc(Cl)n1)c1ccc(I)c(Cl)c1. The normalized spacial score (nSPS) is 10.2. The topological polar surface area (TPSA) is 42.0 Å². The third-order valence-corrected chi connectivity index (χ3v) is 3.92. The Morgan fingerprint density at radius 2 is 2.00 bits per heavy atom. The number of aromatic nitrogens is 1. The fourth-order valence-electron chi connectivity index (χ4n) is 1.30. The third kappa shape index (κ3) is 3.34. The van der Waals surface area contributed by atoms with E-state index in [1.807, 2.05) is 0 Å². The van der Waals surface area contributed by atoms with Crippen molar-refractivity contribution in [1.29, 1.82) is 0 Å². The quantitative estimate of drug-likeness (QED) is 0.613. The van der Waals surface area contributed by atoms with Gasteiger partial charge >= 0.3 is 0 Å². The summed E-state index contributed by atoms with van der Waals surface area (Å²) < 4.78 is 0.895. The summed E-state index contributed by atoms with van der Waals surface area (Å²) in [6.45, 7) is 0. The van der Waals surface area contributed by atoms with Gasteiger partial charge in [0.15, 0.2) is 0 Å². The third-order valence-electron chi connectivity index (χ3n) is 2.14. The van der Waals surface area contributed by atoms with Gasteiger partial charge in [-0.05, 0) is 52.9 Å². The van der Waals surface area contributed by atoms with E-state index < -0.39 is 0 Å². The predicted octanol–water partition coefficient (Wildman–Crippen LogP) is 4.25. The van der Waals surface area contributed by atoms with Gasteiger partial charge < -0.3 is 5.32 Å². The first-order valence-electron chi connectivity index (χ1n) is 4.95. The van der Waals surface area contributed by atoms with Crippen molar-refractivity contribution in [2.24, 2.45) is 0 Å². The molecule has 0 saturated carbocycles. The zero-order chi connectivity index (χ0) is 13.1. The second kappa shape index (κ2) is 5.86. The Morgan fingerprint density at radius 1 is 1.22 bits per heavy atom. The van der Waals surface area contributed by atoms with Crippen LogP contribution in [0.15, 0.2) is 36.4 Å². The van der Waals surface area contributed by atoms with E-state index in [1.165, 1.54) is 0 Å². The van der Waals surface area contributed by atoms with E-state index in [4.69, 9.17) is 23.2 Å². The highest BCUT2D eigenvalue weighted by atomic mass is 127. The van der Waals surface area contributed by atoms with Crippen LogP contribution in [-0.4, -0.2) is 10.9 Å². The highest BCUT2D eigenvalue weighted by Gasteiger charge is 2.08. The Bertz CT molecular complexity index is 604. The Balaban J connectivity index is 2.19. The number of anilines is 1. The van der Waals surface area contributed by atoms with E-state index in [9.17, 15) is 4.79 Å². The van der Waals surface area contributed by atoms with Crippen molar-refractivity contribution in [3.63, 3.8) is 0 Å². The van der Waals surface area contributed by atoms with Crippen LogP contribution in [-0.2, 0) is 0 Å². The molecule has 0 aliphatic rings. The number of carbonyl (C=O) groups excluding carboxylic acids is 1. The van der Waals surface area contributed by atoms with Crippen molar-refractivity contribution >= 4 is 57.5 Å². The standard InChI is InChI=1S/C12H7Cl2IN2O/c13-8-6-7(4-5-9(8)15)12(18)17-11-3-1-2-10(14)16-11/h1-6H,(H,16,17,18). The number of nitrogens with one attached hydrogen (secondary N) is 1. The summed E-state index contributed by atoms with van der Waals surface area (Å²) in [5, 5.41) is 3.52. The largest absolute Gasteiger partial charge is 0.307 e. The zero-order valence-corrected chi connectivity index (χ0v) is 12.6. The Kier molecular flexibility index (Phi) is 4.42. The van der Waals surface area contributed by atoms with Gasteiger partial charge in [0.25, 0.3) is 5.91 Å². The molecule has 0 saturated heterocycles. The van der Waals surface area contributed by atoms with Crippen LogP contribution in [0.1, 0.15) is 10.4 Å². The molecule has 0 bridgehead atoms. The smallest absolute Gasteiger partial charge is 0.256 e. The maximum Gasteiger partial charge on any atom is 0.256 e.